The zero-order chi connectivity index (χ0) is 14.4. The number of hydrogen-bond acceptors (Lipinski definition) is 7. The lowest BCUT2D eigenvalue weighted by Gasteiger charge is -2.18. The summed E-state index contributed by atoms with van der Waals surface area (Å²) in [4.78, 5) is 13.7. The van der Waals surface area contributed by atoms with E-state index in [4.69, 9.17) is 10.2 Å². The summed E-state index contributed by atoms with van der Waals surface area (Å²) in [5, 5.41) is 46.9. The Labute approximate surface area is 108 Å². The maximum Gasteiger partial charge on any atom is 0.269 e. The fourth-order valence-electron chi connectivity index (χ4n) is 1.25. The predicted octanol–water partition coefficient (Wildman–Crippen LogP) is -0.628. The molecular weight excluding hydrogens is 256 g/mol. The van der Waals surface area contributed by atoms with Gasteiger partial charge in [0.05, 0.1) is 17.2 Å². The molecule has 19 heavy (non-hydrogen) atoms. The third-order valence-corrected chi connectivity index (χ3v) is 2.37. The first-order chi connectivity index (χ1) is 8.95. The van der Waals surface area contributed by atoms with Gasteiger partial charge in [-0.2, -0.15) is 0 Å². The SMILES string of the molecule is O=[N+]([O-])c1ccc(N=C[C@H](O)[C@H](O)[C@H](O)CO)cc1. The average molecular weight is 270 g/mol. The highest BCUT2D eigenvalue weighted by Crippen LogP contribution is 2.17. The second-order valence-corrected chi connectivity index (χ2v) is 3.78. The van der Waals surface area contributed by atoms with Gasteiger partial charge in [0.25, 0.3) is 5.69 Å². The molecule has 4 N–H and O–H groups in total. The lowest BCUT2D eigenvalue weighted by atomic mass is 10.1. The smallest absolute Gasteiger partial charge is 0.269 e. The molecule has 104 valence electrons. The number of aliphatic imine (C=N–C) groups is 1. The molecule has 0 aromatic heterocycles. The fraction of sp³-hybridized carbons (Fsp3) is 0.364. The van der Waals surface area contributed by atoms with Crippen LogP contribution in [0.2, 0.25) is 0 Å². The molecule has 0 bridgehead atoms. The quantitative estimate of drug-likeness (QED) is 0.308. The summed E-state index contributed by atoms with van der Waals surface area (Å²) >= 11 is 0. The van der Waals surface area contributed by atoms with E-state index >= 15 is 0 Å². The van der Waals surface area contributed by atoms with Crippen LogP contribution in [0.25, 0.3) is 0 Å². The Kier molecular flexibility index (Phi) is 5.52. The lowest BCUT2D eigenvalue weighted by molar-refractivity contribution is -0.384. The van der Waals surface area contributed by atoms with Gasteiger partial charge in [0.1, 0.15) is 18.3 Å². The van der Waals surface area contributed by atoms with E-state index in [2.05, 4.69) is 4.99 Å². The van der Waals surface area contributed by atoms with Crippen LogP contribution in [-0.2, 0) is 0 Å². The van der Waals surface area contributed by atoms with Crippen LogP contribution in [0, 0.1) is 10.1 Å². The first-order valence-corrected chi connectivity index (χ1v) is 5.39. The van der Waals surface area contributed by atoms with Crippen molar-refractivity contribution in [1.82, 2.24) is 0 Å². The van der Waals surface area contributed by atoms with Gasteiger partial charge in [0, 0.05) is 18.3 Å². The van der Waals surface area contributed by atoms with Crippen molar-refractivity contribution in [2.45, 2.75) is 18.3 Å². The number of nitrogens with zero attached hydrogens (tertiary/aromatic N) is 2. The van der Waals surface area contributed by atoms with Crippen LogP contribution in [0.1, 0.15) is 0 Å². The van der Waals surface area contributed by atoms with Gasteiger partial charge >= 0.3 is 0 Å². The topological polar surface area (TPSA) is 136 Å². The molecule has 8 heteroatoms. The molecule has 0 aliphatic heterocycles. The summed E-state index contributed by atoms with van der Waals surface area (Å²) in [5.41, 5.74) is 0.255. The molecule has 8 nitrogen and oxygen atoms in total. The summed E-state index contributed by atoms with van der Waals surface area (Å²) < 4.78 is 0. The number of non-ortho nitro benzene ring substituents is 1. The van der Waals surface area contributed by atoms with Crippen molar-refractivity contribution in [3.63, 3.8) is 0 Å². The maximum atomic E-state index is 10.4. The maximum absolute atomic E-state index is 10.4. The third-order valence-electron chi connectivity index (χ3n) is 2.37. The molecule has 0 fully saturated rings. The first kappa shape index (κ1) is 15.2. The van der Waals surface area contributed by atoms with Crippen molar-refractivity contribution >= 4 is 17.6 Å². The van der Waals surface area contributed by atoms with Gasteiger partial charge in [0.15, 0.2) is 0 Å². The van der Waals surface area contributed by atoms with E-state index < -0.39 is 29.8 Å². The molecule has 0 spiro atoms. The van der Waals surface area contributed by atoms with E-state index in [1.54, 1.807) is 0 Å². The highest BCUT2D eigenvalue weighted by atomic mass is 16.6. The Morgan fingerprint density at radius 1 is 1.26 bits per heavy atom. The second kappa shape index (κ2) is 6.90. The van der Waals surface area contributed by atoms with Crippen molar-refractivity contribution in [3.05, 3.63) is 34.4 Å². The Bertz CT molecular complexity index is 447. The third kappa shape index (κ3) is 4.38. The van der Waals surface area contributed by atoms with Crippen LogP contribution < -0.4 is 0 Å². The van der Waals surface area contributed by atoms with Crippen LogP contribution in [0.15, 0.2) is 29.3 Å². The van der Waals surface area contributed by atoms with Crippen molar-refractivity contribution in [2.24, 2.45) is 4.99 Å². The number of rotatable bonds is 6. The zero-order valence-electron chi connectivity index (χ0n) is 9.83. The zero-order valence-corrected chi connectivity index (χ0v) is 9.83. The molecule has 0 heterocycles. The van der Waals surface area contributed by atoms with Crippen molar-refractivity contribution in [2.75, 3.05) is 6.61 Å². The Hall–Kier alpha value is -1.87. The normalized spacial score (nSPS) is 16.2. The predicted molar refractivity (Wildman–Crippen MR) is 66.4 cm³/mol. The molecule has 0 radical (unpaired) electrons. The van der Waals surface area contributed by atoms with E-state index in [1.807, 2.05) is 0 Å². The number of aliphatic hydroxyl groups excluding tert-OH is 4. The van der Waals surface area contributed by atoms with Crippen LogP contribution in [0.5, 0.6) is 0 Å². The monoisotopic (exact) mass is 270 g/mol. The van der Waals surface area contributed by atoms with Gasteiger partial charge in [-0.3, -0.25) is 15.1 Å². The summed E-state index contributed by atoms with van der Waals surface area (Å²) in [5.74, 6) is 0. The van der Waals surface area contributed by atoms with Crippen LogP contribution in [0.3, 0.4) is 0 Å². The van der Waals surface area contributed by atoms with E-state index in [1.165, 1.54) is 24.3 Å². The molecule has 0 aliphatic rings. The van der Waals surface area contributed by atoms with Crippen LogP contribution >= 0.6 is 0 Å². The summed E-state index contributed by atoms with van der Waals surface area (Å²) in [7, 11) is 0. The standard InChI is InChI=1S/C11H14N2O6/c14-6-10(16)11(17)9(15)5-12-7-1-3-8(4-2-7)13(18)19/h1-5,9-11,14-17H,6H2/t9-,10+,11-/m0/s1. The van der Waals surface area contributed by atoms with Gasteiger partial charge in [-0.15, -0.1) is 0 Å². The molecule has 0 aliphatic carbocycles. The van der Waals surface area contributed by atoms with Crippen molar-refractivity contribution < 1.29 is 25.3 Å². The molecule has 0 amide bonds. The Balaban J connectivity index is 2.68. The van der Waals surface area contributed by atoms with Gasteiger partial charge in [-0.1, -0.05) is 0 Å². The van der Waals surface area contributed by atoms with E-state index in [0.717, 1.165) is 6.21 Å². The number of hydrogen-bond donors (Lipinski definition) is 4. The minimum atomic E-state index is -1.56. The number of nitro benzene ring substituents is 1. The minimum absolute atomic E-state index is 0.0877. The molecule has 0 saturated heterocycles. The summed E-state index contributed by atoms with van der Waals surface area (Å²) in [6, 6.07) is 5.24. The largest absolute Gasteiger partial charge is 0.394 e. The highest BCUT2D eigenvalue weighted by Gasteiger charge is 2.22. The van der Waals surface area contributed by atoms with E-state index in [-0.39, 0.29) is 5.69 Å². The van der Waals surface area contributed by atoms with Crippen LogP contribution in [-0.4, -0.2) is 56.5 Å². The molecular formula is C11H14N2O6. The van der Waals surface area contributed by atoms with Gasteiger partial charge in [-0.05, 0) is 12.1 Å². The van der Waals surface area contributed by atoms with Crippen molar-refractivity contribution in [3.8, 4) is 0 Å². The Morgan fingerprint density at radius 2 is 1.84 bits per heavy atom. The van der Waals surface area contributed by atoms with Gasteiger partial charge in [0.2, 0.25) is 0 Å². The molecule has 0 saturated carbocycles. The molecule has 1 aromatic rings. The minimum Gasteiger partial charge on any atom is -0.394 e. The summed E-state index contributed by atoms with van der Waals surface area (Å²) in [6.07, 6.45) is -3.52. The van der Waals surface area contributed by atoms with E-state index in [0.29, 0.717) is 5.69 Å². The molecule has 3 atom stereocenters. The fourth-order valence-corrected chi connectivity index (χ4v) is 1.25. The summed E-state index contributed by atoms with van der Waals surface area (Å²) in [6.45, 7) is -0.691. The van der Waals surface area contributed by atoms with Crippen molar-refractivity contribution in [1.29, 1.82) is 0 Å². The highest BCUT2D eigenvalue weighted by molar-refractivity contribution is 5.68. The number of nitro groups is 1. The van der Waals surface area contributed by atoms with E-state index in [9.17, 15) is 20.3 Å². The average Bonchev–Trinajstić information content (AvgIpc) is 2.43. The molecule has 0 unspecified atom stereocenters. The Morgan fingerprint density at radius 3 is 2.32 bits per heavy atom. The molecule has 1 aromatic carbocycles. The second-order valence-electron chi connectivity index (χ2n) is 3.78. The van der Waals surface area contributed by atoms with Gasteiger partial charge < -0.3 is 20.4 Å². The number of aliphatic hydroxyl groups is 4. The number of benzene rings is 1. The first-order valence-electron chi connectivity index (χ1n) is 5.39. The van der Waals surface area contributed by atoms with Crippen LogP contribution in [0.4, 0.5) is 11.4 Å². The molecule has 1 rings (SSSR count). The lowest BCUT2D eigenvalue weighted by Crippen LogP contribution is -2.40. The van der Waals surface area contributed by atoms with Gasteiger partial charge in [-0.25, -0.2) is 0 Å².